The highest BCUT2D eigenvalue weighted by Gasteiger charge is 2.18. The van der Waals surface area contributed by atoms with E-state index in [9.17, 15) is 13.2 Å². The van der Waals surface area contributed by atoms with Crippen LogP contribution in [0.2, 0.25) is 0 Å². The zero-order valence-corrected chi connectivity index (χ0v) is 16.9. The Kier molecular flexibility index (Phi) is 6.23. The molecule has 152 valence electrons. The lowest BCUT2D eigenvalue weighted by Crippen LogP contribution is -2.30. The third kappa shape index (κ3) is 5.86. The number of nitrogens with zero attached hydrogens (tertiary/aromatic N) is 1. The number of carbonyl (C=O) groups is 1. The van der Waals surface area contributed by atoms with Gasteiger partial charge in [0, 0.05) is 12.1 Å². The van der Waals surface area contributed by atoms with Crippen LogP contribution in [-0.4, -0.2) is 32.6 Å². The molecule has 1 aromatic heterocycles. The van der Waals surface area contributed by atoms with E-state index in [-0.39, 0.29) is 24.7 Å². The van der Waals surface area contributed by atoms with Crippen LogP contribution in [0.4, 0.5) is 0 Å². The van der Waals surface area contributed by atoms with Crippen LogP contribution in [0.1, 0.15) is 21.7 Å². The van der Waals surface area contributed by atoms with Crippen molar-refractivity contribution in [2.75, 3.05) is 13.4 Å². The molecule has 0 aliphatic heterocycles. The fourth-order valence-corrected chi connectivity index (χ4v) is 3.25. The number of furan rings is 1. The van der Waals surface area contributed by atoms with Crippen LogP contribution < -0.4 is 8.92 Å². The molecule has 29 heavy (non-hydrogen) atoms. The Labute approximate surface area is 169 Å². The average Bonchev–Trinajstić information content (AvgIpc) is 3.19. The maximum atomic E-state index is 13.1. The van der Waals surface area contributed by atoms with Crippen LogP contribution >= 0.6 is 0 Å². The standard InChI is InChI=1S/C21H21NO6S/c1-26-18-10-8-17(9-11-18)21(23)22(15-20-7-4-12-27-20)14-16-5-3-6-19(13-16)28-29(2,24)25/h3-13H,14-15H2,1-2H3. The van der Waals surface area contributed by atoms with E-state index in [1.54, 1.807) is 78.9 Å². The van der Waals surface area contributed by atoms with Crippen LogP contribution in [0.15, 0.2) is 71.3 Å². The van der Waals surface area contributed by atoms with E-state index in [1.165, 1.54) is 0 Å². The van der Waals surface area contributed by atoms with E-state index in [2.05, 4.69) is 0 Å². The first-order valence-electron chi connectivity index (χ1n) is 8.78. The third-order valence-electron chi connectivity index (χ3n) is 4.07. The molecule has 0 radical (unpaired) electrons. The van der Waals surface area contributed by atoms with Gasteiger partial charge in [-0.25, -0.2) is 0 Å². The second-order valence-corrected chi connectivity index (χ2v) is 7.98. The molecule has 0 bridgehead atoms. The van der Waals surface area contributed by atoms with E-state index < -0.39 is 10.1 Å². The van der Waals surface area contributed by atoms with Gasteiger partial charge in [0.15, 0.2) is 0 Å². The van der Waals surface area contributed by atoms with Crippen molar-refractivity contribution >= 4 is 16.0 Å². The monoisotopic (exact) mass is 415 g/mol. The fraction of sp³-hybridized carbons (Fsp3) is 0.190. The maximum Gasteiger partial charge on any atom is 0.306 e. The van der Waals surface area contributed by atoms with Crippen molar-refractivity contribution < 1.29 is 26.5 Å². The molecule has 0 aliphatic carbocycles. The number of hydrogen-bond donors (Lipinski definition) is 0. The summed E-state index contributed by atoms with van der Waals surface area (Å²) in [4.78, 5) is 14.7. The lowest BCUT2D eigenvalue weighted by molar-refractivity contribution is 0.0717. The maximum absolute atomic E-state index is 13.1. The lowest BCUT2D eigenvalue weighted by atomic mass is 10.1. The summed E-state index contributed by atoms with van der Waals surface area (Å²) in [7, 11) is -2.08. The van der Waals surface area contributed by atoms with Crippen LogP contribution in [-0.2, 0) is 23.2 Å². The zero-order valence-electron chi connectivity index (χ0n) is 16.1. The summed E-state index contributed by atoms with van der Waals surface area (Å²) < 4.78 is 38.2. The van der Waals surface area contributed by atoms with Gasteiger partial charge in [0.1, 0.15) is 17.3 Å². The van der Waals surface area contributed by atoms with E-state index >= 15 is 0 Å². The largest absolute Gasteiger partial charge is 0.497 e. The van der Waals surface area contributed by atoms with Gasteiger partial charge in [-0.1, -0.05) is 12.1 Å². The highest BCUT2D eigenvalue weighted by molar-refractivity contribution is 7.86. The van der Waals surface area contributed by atoms with Gasteiger partial charge < -0.3 is 18.2 Å². The summed E-state index contributed by atoms with van der Waals surface area (Å²) in [6.07, 6.45) is 2.53. The molecule has 3 aromatic rings. The molecule has 0 unspecified atom stereocenters. The van der Waals surface area contributed by atoms with Crippen molar-refractivity contribution in [3.8, 4) is 11.5 Å². The zero-order chi connectivity index (χ0) is 20.9. The van der Waals surface area contributed by atoms with Crippen molar-refractivity contribution in [3.63, 3.8) is 0 Å². The molecule has 0 saturated heterocycles. The Morgan fingerprint density at radius 3 is 2.38 bits per heavy atom. The van der Waals surface area contributed by atoms with Gasteiger partial charge in [0.05, 0.1) is 26.2 Å². The van der Waals surface area contributed by atoms with Crippen LogP contribution in [0, 0.1) is 0 Å². The van der Waals surface area contributed by atoms with Gasteiger partial charge in [0.2, 0.25) is 0 Å². The molecular weight excluding hydrogens is 394 g/mol. The van der Waals surface area contributed by atoms with Crippen LogP contribution in [0.5, 0.6) is 11.5 Å². The molecule has 0 saturated carbocycles. The van der Waals surface area contributed by atoms with E-state index in [1.807, 2.05) is 0 Å². The molecule has 8 heteroatoms. The van der Waals surface area contributed by atoms with Crippen molar-refractivity contribution in [2.24, 2.45) is 0 Å². The Morgan fingerprint density at radius 2 is 1.76 bits per heavy atom. The fourth-order valence-electron chi connectivity index (χ4n) is 2.80. The summed E-state index contributed by atoms with van der Waals surface area (Å²) in [6.45, 7) is 0.502. The highest BCUT2D eigenvalue weighted by atomic mass is 32.2. The van der Waals surface area contributed by atoms with Gasteiger partial charge in [-0.05, 0) is 54.1 Å². The molecule has 1 heterocycles. The third-order valence-corrected chi connectivity index (χ3v) is 4.57. The minimum absolute atomic E-state index is 0.194. The number of amides is 1. The van der Waals surface area contributed by atoms with Crippen LogP contribution in [0.25, 0.3) is 0 Å². The Balaban J connectivity index is 1.85. The Morgan fingerprint density at radius 1 is 1.00 bits per heavy atom. The van der Waals surface area contributed by atoms with Gasteiger partial charge in [-0.15, -0.1) is 0 Å². The molecule has 1 amide bonds. The second kappa shape index (κ2) is 8.83. The predicted molar refractivity (Wildman–Crippen MR) is 107 cm³/mol. The lowest BCUT2D eigenvalue weighted by Gasteiger charge is -2.22. The number of methoxy groups -OCH3 is 1. The molecule has 0 spiro atoms. The number of carbonyl (C=O) groups excluding carboxylic acids is 1. The van der Waals surface area contributed by atoms with Gasteiger partial charge in [-0.2, -0.15) is 8.42 Å². The smallest absolute Gasteiger partial charge is 0.306 e. The van der Waals surface area contributed by atoms with Gasteiger partial charge in [0.25, 0.3) is 5.91 Å². The van der Waals surface area contributed by atoms with Crippen molar-refractivity contribution in [1.82, 2.24) is 4.90 Å². The summed E-state index contributed by atoms with van der Waals surface area (Å²) in [6, 6.07) is 17.0. The number of benzene rings is 2. The number of rotatable bonds is 8. The minimum atomic E-state index is -3.64. The molecular formula is C21H21NO6S. The molecule has 2 aromatic carbocycles. The Bertz CT molecular complexity index is 1060. The predicted octanol–water partition coefficient (Wildman–Crippen LogP) is 3.47. The first-order valence-corrected chi connectivity index (χ1v) is 10.6. The number of ether oxygens (including phenoxy) is 1. The topological polar surface area (TPSA) is 86.0 Å². The quantitative estimate of drug-likeness (QED) is 0.524. The first kappa shape index (κ1) is 20.5. The van der Waals surface area contributed by atoms with Gasteiger partial charge >= 0.3 is 10.1 Å². The normalized spacial score (nSPS) is 11.1. The van der Waals surface area contributed by atoms with Crippen molar-refractivity contribution in [2.45, 2.75) is 13.1 Å². The summed E-state index contributed by atoms with van der Waals surface area (Å²) in [5.41, 5.74) is 1.22. The molecule has 7 nitrogen and oxygen atoms in total. The molecule has 0 fully saturated rings. The molecule has 0 aliphatic rings. The average molecular weight is 415 g/mol. The summed E-state index contributed by atoms with van der Waals surface area (Å²) in [5.74, 6) is 1.29. The second-order valence-electron chi connectivity index (χ2n) is 6.40. The summed E-state index contributed by atoms with van der Waals surface area (Å²) >= 11 is 0. The van der Waals surface area contributed by atoms with Crippen LogP contribution in [0.3, 0.4) is 0 Å². The molecule has 0 N–H and O–H groups in total. The molecule has 0 atom stereocenters. The van der Waals surface area contributed by atoms with Crippen molar-refractivity contribution in [3.05, 3.63) is 83.8 Å². The van der Waals surface area contributed by atoms with Gasteiger partial charge in [-0.3, -0.25) is 4.79 Å². The summed E-state index contributed by atoms with van der Waals surface area (Å²) in [5, 5.41) is 0. The first-order chi connectivity index (χ1) is 13.8. The SMILES string of the molecule is COc1ccc(C(=O)N(Cc2cccc(OS(C)(=O)=O)c2)Cc2ccco2)cc1. The Hall–Kier alpha value is -3.26. The molecule has 3 rings (SSSR count). The van der Waals surface area contributed by atoms with E-state index in [4.69, 9.17) is 13.3 Å². The highest BCUT2D eigenvalue weighted by Crippen LogP contribution is 2.20. The minimum Gasteiger partial charge on any atom is -0.497 e. The van der Waals surface area contributed by atoms with Crippen molar-refractivity contribution in [1.29, 1.82) is 0 Å². The van der Waals surface area contributed by atoms with E-state index in [0.717, 1.165) is 11.8 Å². The van der Waals surface area contributed by atoms with E-state index in [0.29, 0.717) is 17.1 Å². The number of hydrogen-bond acceptors (Lipinski definition) is 6.